The average Bonchev–Trinajstić information content (AvgIpc) is 3.40. The molecule has 1 aliphatic carbocycles. The molecule has 0 amide bonds. The Bertz CT molecular complexity index is 1470. The zero-order chi connectivity index (χ0) is 22.0. The van der Waals surface area contributed by atoms with E-state index in [1.54, 1.807) is 11.3 Å². The summed E-state index contributed by atoms with van der Waals surface area (Å²) in [5, 5.41) is 8.46. The molecule has 4 aromatic rings. The zero-order valence-electron chi connectivity index (χ0n) is 17.9. The summed E-state index contributed by atoms with van der Waals surface area (Å²) in [6, 6.07) is 8.27. The molecule has 1 aliphatic heterocycles. The van der Waals surface area contributed by atoms with E-state index in [4.69, 9.17) is 0 Å². The van der Waals surface area contributed by atoms with E-state index < -0.39 is 11.6 Å². The molecule has 0 radical (unpaired) electrons. The monoisotopic (exact) mass is 429 g/mol. The molecule has 0 bridgehead atoms. The molecule has 1 saturated carbocycles. The summed E-state index contributed by atoms with van der Waals surface area (Å²) in [7, 11) is 0. The highest BCUT2D eigenvalue weighted by Gasteiger charge is 2.35. The molecule has 3 heterocycles. The van der Waals surface area contributed by atoms with E-state index >= 15 is 4.39 Å². The van der Waals surface area contributed by atoms with Gasteiger partial charge in [0, 0.05) is 29.3 Å². The molecular weight excluding hydrogens is 408 g/mol. The molecule has 7 heteroatoms. The van der Waals surface area contributed by atoms with Gasteiger partial charge < -0.3 is 4.90 Å². The van der Waals surface area contributed by atoms with Gasteiger partial charge in [0.25, 0.3) is 5.78 Å². The van der Waals surface area contributed by atoms with Crippen molar-refractivity contribution in [3.63, 3.8) is 0 Å². The average molecular weight is 429 g/mol. The van der Waals surface area contributed by atoms with Crippen LogP contribution in [0.1, 0.15) is 43.1 Å². The van der Waals surface area contributed by atoms with E-state index in [0.717, 1.165) is 48.6 Å². The number of fused-ring (bicyclic) bond motifs is 4. The molecule has 5 nitrogen and oxygen atoms in total. The van der Waals surface area contributed by atoms with Crippen LogP contribution in [0.2, 0.25) is 0 Å². The summed E-state index contributed by atoms with van der Waals surface area (Å²) >= 11 is 0. The van der Waals surface area contributed by atoms with Gasteiger partial charge in [0.15, 0.2) is 0 Å². The second-order valence-corrected chi connectivity index (χ2v) is 8.97. The maximum atomic E-state index is 15.2. The minimum absolute atomic E-state index is 0.138. The van der Waals surface area contributed by atoms with Crippen molar-refractivity contribution in [2.45, 2.75) is 39.5 Å². The standard InChI is InChI=1S/C25H21F2N5/c1-15-29-30-24-28-23(22-19(27)13-17(26)14-21(22)32(15)24)31-12-4-6-18-16(5-3-7-20(18)31)8-9-25(2)10-11-25/h3,5,7,13-14H,4,6,10-12H2,1-2H3. The summed E-state index contributed by atoms with van der Waals surface area (Å²) in [5.41, 5.74) is 3.62. The number of nitrogens with zero attached hydrogens (tertiary/aromatic N) is 5. The Kier molecular flexibility index (Phi) is 4.03. The Balaban J connectivity index is 1.59. The van der Waals surface area contributed by atoms with Crippen molar-refractivity contribution in [3.05, 3.63) is 58.9 Å². The SMILES string of the molecule is Cc1nnc2nc(N3CCCc4c(C#CC5(C)CC5)cccc43)c3c(F)cc(F)cc3n12. The van der Waals surface area contributed by atoms with Crippen LogP contribution in [-0.4, -0.2) is 26.1 Å². The maximum Gasteiger partial charge on any atom is 0.257 e. The molecule has 160 valence electrons. The number of rotatable bonds is 1. The van der Waals surface area contributed by atoms with Crippen LogP contribution in [0.25, 0.3) is 16.7 Å². The van der Waals surface area contributed by atoms with Crippen LogP contribution in [0.3, 0.4) is 0 Å². The second-order valence-electron chi connectivity index (χ2n) is 8.97. The van der Waals surface area contributed by atoms with E-state index in [1.165, 1.54) is 6.07 Å². The van der Waals surface area contributed by atoms with Gasteiger partial charge in [-0.2, -0.15) is 4.98 Å². The number of halogens is 2. The lowest BCUT2D eigenvalue weighted by Gasteiger charge is -2.32. The zero-order valence-corrected chi connectivity index (χ0v) is 17.9. The first kappa shape index (κ1) is 19.2. The molecule has 1 fully saturated rings. The van der Waals surface area contributed by atoms with Crippen LogP contribution in [0.4, 0.5) is 20.3 Å². The van der Waals surface area contributed by atoms with Crippen LogP contribution >= 0.6 is 0 Å². The quantitative estimate of drug-likeness (QED) is 0.395. The lowest BCUT2D eigenvalue weighted by atomic mass is 9.95. The van der Waals surface area contributed by atoms with E-state index in [0.29, 0.717) is 29.5 Å². The Hall–Kier alpha value is -3.53. The largest absolute Gasteiger partial charge is 0.325 e. The molecular formula is C25H21F2N5. The van der Waals surface area contributed by atoms with Crippen LogP contribution in [-0.2, 0) is 6.42 Å². The smallest absolute Gasteiger partial charge is 0.257 e. The molecule has 0 atom stereocenters. The van der Waals surface area contributed by atoms with E-state index in [-0.39, 0.29) is 10.8 Å². The van der Waals surface area contributed by atoms with Gasteiger partial charge in [-0.05, 0) is 63.3 Å². The topological polar surface area (TPSA) is 46.3 Å². The Morgan fingerprint density at radius 3 is 2.78 bits per heavy atom. The summed E-state index contributed by atoms with van der Waals surface area (Å²) in [6.45, 7) is 4.60. The predicted octanol–water partition coefficient (Wildman–Crippen LogP) is 5.10. The second kappa shape index (κ2) is 6.73. The summed E-state index contributed by atoms with van der Waals surface area (Å²) in [5.74, 6) is 6.78. The highest BCUT2D eigenvalue weighted by Crippen LogP contribution is 2.44. The van der Waals surface area contributed by atoms with Gasteiger partial charge in [0.05, 0.1) is 10.9 Å². The van der Waals surface area contributed by atoms with Crippen LogP contribution < -0.4 is 4.90 Å². The first-order chi connectivity index (χ1) is 15.4. The van der Waals surface area contributed by atoms with Crippen molar-refractivity contribution in [2.24, 2.45) is 5.41 Å². The van der Waals surface area contributed by atoms with Crippen molar-refractivity contribution in [2.75, 3.05) is 11.4 Å². The van der Waals surface area contributed by atoms with Crippen molar-refractivity contribution < 1.29 is 8.78 Å². The number of aryl methyl sites for hydroxylation is 1. The summed E-state index contributed by atoms with van der Waals surface area (Å²) < 4.78 is 30.9. The van der Waals surface area contributed by atoms with E-state index in [2.05, 4.69) is 33.9 Å². The van der Waals surface area contributed by atoms with Gasteiger partial charge in [-0.15, -0.1) is 10.2 Å². The summed E-state index contributed by atoms with van der Waals surface area (Å²) in [4.78, 5) is 6.69. The van der Waals surface area contributed by atoms with Crippen molar-refractivity contribution in [3.8, 4) is 11.8 Å². The van der Waals surface area contributed by atoms with Crippen LogP contribution in [0.5, 0.6) is 0 Å². The lowest BCUT2D eigenvalue weighted by molar-refractivity contribution is 0.591. The molecule has 0 N–H and O–H groups in total. The van der Waals surface area contributed by atoms with Crippen molar-refractivity contribution in [1.82, 2.24) is 19.6 Å². The first-order valence-electron chi connectivity index (χ1n) is 10.9. The van der Waals surface area contributed by atoms with E-state index in [9.17, 15) is 4.39 Å². The molecule has 2 aromatic heterocycles. The third-order valence-corrected chi connectivity index (χ3v) is 6.52. The van der Waals surface area contributed by atoms with E-state index in [1.807, 2.05) is 23.1 Å². The van der Waals surface area contributed by atoms with Gasteiger partial charge in [-0.1, -0.05) is 17.9 Å². The summed E-state index contributed by atoms with van der Waals surface area (Å²) in [6.07, 6.45) is 4.07. The molecule has 0 saturated heterocycles. The van der Waals surface area contributed by atoms with Gasteiger partial charge in [-0.25, -0.2) is 8.78 Å². The number of aromatic nitrogens is 4. The fraction of sp³-hybridized carbons (Fsp3) is 0.320. The van der Waals surface area contributed by atoms with Crippen LogP contribution in [0, 0.1) is 35.8 Å². The number of benzene rings is 2. The number of hydrogen-bond donors (Lipinski definition) is 0. The van der Waals surface area contributed by atoms with Crippen LogP contribution in [0.15, 0.2) is 30.3 Å². The molecule has 6 rings (SSSR count). The minimum Gasteiger partial charge on any atom is -0.325 e. The normalized spacial score (nSPS) is 16.7. The maximum absolute atomic E-state index is 15.2. The molecule has 32 heavy (non-hydrogen) atoms. The fourth-order valence-electron chi connectivity index (χ4n) is 4.50. The fourth-order valence-corrected chi connectivity index (χ4v) is 4.50. The van der Waals surface area contributed by atoms with Gasteiger partial charge >= 0.3 is 0 Å². The third-order valence-electron chi connectivity index (χ3n) is 6.52. The number of hydrogen-bond acceptors (Lipinski definition) is 4. The molecule has 0 unspecified atom stereocenters. The molecule has 0 spiro atoms. The van der Waals surface area contributed by atoms with Crippen molar-refractivity contribution >= 4 is 28.2 Å². The van der Waals surface area contributed by atoms with Gasteiger partial charge in [0.2, 0.25) is 0 Å². The van der Waals surface area contributed by atoms with Gasteiger partial charge in [-0.3, -0.25) is 4.40 Å². The first-order valence-corrected chi connectivity index (χ1v) is 10.9. The highest BCUT2D eigenvalue weighted by atomic mass is 19.1. The van der Waals surface area contributed by atoms with Crippen molar-refractivity contribution in [1.29, 1.82) is 0 Å². The Morgan fingerprint density at radius 2 is 1.97 bits per heavy atom. The number of anilines is 2. The van der Waals surface area contributed by atoms with Gasteiger partial charge in [0.1, 0.15) is 23.3 Å². The minimum atomic E-state index is -0.651. The predicted molar refractivity (Wildman–Crippen MR) is 119 cm³/mol. The molecule has 2 aliphatic rings. The highest BCUT2D eigenvalue weighted by molar-refractivity contribution is 5.94. The lowest BCUT2D eigenvalue weighted by Crippen LogP contribution is -2.26. The molecule has 2 aromatic carbocycles. The third kappa shape index (κ3) is 2.94. The Morgan fingerprint density at radius 1 is 1.12 bits per heavy atom. The Labute approximate surface area is 184 Å².